The fraction of sp³-hybridized carbons (Fsp3) is 0.611. The Balaban J connectivity index is 1.89. The lowest BCUT2D eigenvalue weighted by Crippen LogP contribution is -2.39. The van der Waals surface area contributed by atoms with Gasteiger partial charge in [-0.15, -0.1) is 0 Å². The summed E-state index contributed by atoms with van der Waals surface area (Å²) in [6.45, 7) is 2.58. The van der Waals surface area contributed by atoms with E-state index < -0.39 is 0 Å². The van der Waals surface area contributed by atoms with E-state index in [0.29, 0.717) is 24.1 Å². The second kappa shape index (κ2) is 8.66. The molecule has 0 bridgehead atoms. The first-order chi connectivity index (χ1) is 10.7. The van der Waals surface area contributed by atoms with E-state index in [2.05, 4.69) is 0 Å². The maximum Gasteiger partial charge on any atom is 0.260 e. The zero-order valence-corrected chi connectivity index (χ0v) is 13.7. The summed E-state index contributed by atoms with van der Waals surface area (Å²) in [5, 5.41) is 0. The summed E-state index contributed by atoms with van der Waals surface area (Å²) in [4.78, 5) is 14.2. The number of rotatable bonds is 6. The van der Waals surface area contributed by atoms with Crippen LogP contribution in [0.1, 0.15) is 45.4 Å². The highest BCUT2D eigenvalue weighted by Gasteiger charge is 2.21. The predicted octanol–water partition coefficient (Wildman–Crippen LogP) is 3.65. The van der Waals surface area contributed by atoms with Gasteiger partial charge >= 0.3 is 0 Å². The van der Waals surface area contributed by atoms with Gasteiger partial charge in [0.1, 0.15) is 0 Å². The summed E-state index contributed by atoms with van der Waals surface area (Å²) in [6, 6.07) is 7.84. The monoisotopic (exact) mass is 305 g/mol. The molecule has 1 aromatic carbocycles. The molecule has 0 heterocycles. The summed E-state index contributed by atoms with van der Waals surface area (Å²) in [6.07, 6.45) is 7.23. The van der Waals surface area contributed by atoms with Gasteiger partial charge in [-0.3, -0.25) is 4.79 Å². The highest BCUT2D eigenvalue weighted by Crippen LogP contribution is 2.26. The van der Waals surface area contributed by atoms with E-state index in [1.54, 1.807) is 0 Å². The third-order valence-electron chi connectivity index (χ3n) is 4.27. The number of carbonyl (C=O) groups is 1. The van der Waals surface area contributed by atoms with Gasteiger partial charge < -0.3 is 14.4 Å². The van der Waals surface area contributed by atoms with Gasteiger partial charge in [0, 0.05) is 13.1 Å². The number of benzene rings is 1. The number of carbonyl (C=O) groups excluding carboxylic acids is 1. The minimum Gasteiger partial charge on any atom is -0.490 e. The molecule has 0 radical (unpaired) electrons. The molecular weight excluding hydrogens is 278 g/mol. The highest BCUT2D eigenvalue weighted by atomic mass is 16.5. The number of hydrogen-bond acceptors (Lipinski definition) is 3. The Bertz CT molecular complexity index is 467. The van der Waals surface area contributed by atoms with E-state index in [-0.39, 0.29) is 12.5 Å². The summed E-state index contributed by atoms with van der Waals surface area (Å²) < 4.78 is 11.2. The number of nitrogens with zero attached hydrogens (tertiary/aromatic N) is 1. The first-order valence-electron chi connectivity index (χ1n) is 8.32. The van der Waals surface area contributed by atoms with E-state index in [0.717, 1.165) is 12.8 Å². The predicted molar refractivity (Wildman–Crippen MR) is 87.4 cm³/mol. The largest absolute Gasteiger partial charge is 0.490 e. The van der Waals surface area contributed by atoms with Crippen LogP contribution in [0.25, 0.3) is 0 Å². The first kappa shape index (κ1) is 16.7. The number of hydrogen-bond donors (Lipinski definition) is 0. The van der Waals surface area contributed by atoms with Crippen molar-refractivity contribution in [3.05, 3.63) is 24.3 Å². The second-order valence-corrected chi connectivity index (χ2v) is 5.82. The van der Waals surface area contributed by atoms with Crippen molar-refractivity contribution in [2.24, 2.45) is 0 Å². The molecular formula is C18H27NO3. The van der Waals surface area contributed by atoms with Crippen molar-refractivity contribution < 1.29 is 14.3 Å². The maximum atomic E-state index is 12.4. The maximum absolute atomic E-state index is 12.4. The second-order valence-electron chi connectivity index (χ2n) is 5.82. The Hall–Kier alpha value is -1.71. The molecule has 1 aromatic rings. The van der Waals surface area contributed by atoms with Crippen LogP contribution in [0.2, 0.25) is 0 Å². The molecule has 0 saturated heterocycles. The number of likely N-dealkylation sites (N-methyl/N-ethyl adjacent to an activating group) is 1. The molecule has 0 atom stereocenters. The first-order valence-corrected chi connectivity index (χ1v) is 8.32. The zero-order valence-electron chi connectivity index (χ0n) is 13.7. The van der Waals surface area contributed by atoms with Crippen molar-refractivity contribution in [3.8, 4) is 11.5 Å². The van der Waals surface area contributed by atoms with Gasteiger partial charge in [0.05, 0.1) is 6.61 Å². The molecule has 0 aromatic heterocycles. The molecule has 4 nitrogen and oxygen atoms in total. The molecule has 2 rings (SSSR count). The average molecular weight is 305 g/mol. The van der Waals surface area contributed by atoms with Gasteiger partial charge in [-0.2, -0.15) is 0 Å². The van der Waals surface area contributed by atoms with Gasteiger partial charge in [-0.05, 0) is 31.9 Å². The van der Waals surface area contributed by atoms with Crippen LogP contribution in [0.3, 0.4) is 0 Å². The van der Waals surface area contributed by atoms with E-state index in [9.17, 15) is 4.79 Å². The van der Waals surface area contributed by atoms with Crippen LogP contribution in [0.15, 0.2) is 24.3 Å². The molecule has 0 aliphatic heterocycles. The van der Waals surface area contributed by atoms with E-state index in [1.807, 2.05) is 43.1 Å². The molecule has 0 N–H and O–H groups in total. The van der Waals surface area contributed by atoms with Crippen molar-refractivity contribution in [1.82, 2.24) is 4.90 Å². The third-order valence-corrected chi connectivity index (χ3v) is 4.27. The normalized spacial score (nSPS) is 15.9. The molecule has 1 saturated carbocycles. The van der Waals surface area contributed by atoms with Gasteiger partial charge in [0.25, 0.3) is 5.91 Å². The van der Waals surface area contributed by atoms with Gasteiger partial charge in [0.15, 0.2) is 18.1 Å². The van der Waals surface area contributed by atoms with Gasteiger partial charge in [-0.1, -0.05) is 37.8 Å². The summed E-state index contributed by atoms with van der Waals surface area (Å²) in [5.74, 6) is 1.36. The number of amides is 1. The Morgan fingerprint density at radius 2 is 1.68 bits per heavy atom. The minimum absolute atomic E-state index is 0.0400. The Morgan fingerprint density at radius 3 is 2.27 bits per heavy atom. The summed E-state index contributed by atoms with van der Waals surface area (Å²) in [5.41, 5.74) is 0. The molecule has 1 aliphatic carbocycles. The summed E-state index contributed by atoms with van der Waals surface area (Å²) >= 11 is 0. The molecule has 122 valence electrons. The SMILES string of the molecule is CCOc1ccccc1OCC(=O)N(C)C1CCCCCC1. The lowest BCUT2D eigenvalue weighted by atomic mass is 10.1. The smallest absolute Gasteiger partial charge is 0.260 e. The third kappa shape index (κ3) is 4.65. The van der Waals surface area contributed by atoms with Crippen LogP contribution in [0.4, 0.5) is 0 Å². The van der Waals surface area contributed by atoms with Crippen molar-refractivity contribution in [2.45, 2.75) is 51.5 Å². The fourth-order valence-corrected chi connectivity index (χ4v) is 2.93. The van der Waals surface area contributed by atoms with E-state index >= 15 is 0 Å². The topological polar surface area (TPSA) is 38.8 Å². The van der Waals surface area contributed by atoms with Gasteiger partial charge in [0.2, 0.25) is 0 Å². The molecule has 4 heteroatoms. The minimum atomic E-state index is 0.0400. The van der Waals surface area contributed by atoms with Crippen molar-refractivity contribution in [3.63, 3.8) is 0 Å². The van der Waals surface area contributed by atoms with Crippen LogP contribution in [0, 0.1) is 0 Å². The van der Waals surface area contributed by atoms with Crippen LogP contribution in [0.5, 0.6) is 11.5 Å². The number of para-hydroxylation sites is 2. The lowest BCUT2D eigenvalue weighted by molar-refractivity contribution is -0.134. The summed E-state index contributed by atoms with van der Waals surface area (Å²) in [7, 11) is 1.90. The standard InChI is InChI=1S/C18H27NO3/c1-3-21-16-12-8-9-13-17(16)22-14-18(20)19(2)15-10-6-4-5-7-11-15/h8-9,12-13,15H,3-7,10-11,14H2,1-2H3. The van der Waals surface area contributed by atoms with E-state index in [4.69, 9.17) is 9.47 Å². The van der Waals surface area contributed by atoms with Crippen molar-refractivity contribution >= 4 is 5.91 Å². The van der Waals surface area contributed by atoms with Gasteiger partial charge in [-0.25, -0.2) is 0 Å². The van der Waals surface area contributed by atoms with Crippen LogP contribution in [-0.2, 0) is 4.79 Å². The van der Waals surface area contributed by atoms with Crippen LogP contribution >= 0.6 is 0 Å². The fourth-order valence-electron chi connectivity index (χ4n) is 2.93. The molecule has 1 aliphatic rings. The Morgan fingerprint density at radius 1 is 1.09 bits per heavy atom. The molecule has 1 amide bonds. The molecule has 22 heavy (non-hydrogen) atoms. The Kier molecular flexibility index (Phi) is 6.56. The average Bonchev–Trinajstić information content (AvgIpc) is 2.82. The molecule has 1 fully saturated rings. The highest BCUT2D eigenvalue weighted by molar-refractivity contribution is 5.77. The number of ether oxygens (including phenoxy) is 2. The lowest BCUT2D eigenvalue weighted by Gasteiger charge is -2.27. The Labute approximate surface area is 133 Å². The van der Waals surface area contributed by atoms with Crippen LogP contribution in [-0.4, -0.2) is 37.1 Å². The van der Waals surface area contributed by atoms with E-state index in [1.165, 1.54) is 25.7 Å². The quantitative estimate of drug-likeness (QED) is 0.753. The zero-order chi connectivity index (χ0) is 15.8. The van der Waals surface area contributed by atoms with Crippen LogP contribution < -0.4 is 9.47 Å². The van der Waals surface area contributed by atoms with Crippen molar-refractivity contribution in [1.29, 1.82) is 0 Å². The van der Waals surface area contributed by atoms with Crippen molar-refractivity contribution in [2.75, 3.05) is 20.3 Å². The molecule has 0 unspecified atom stereocenters. The molecule has 0 spiro atoms.